The number of aliphatic hydroxyl groups excluding tert-OH is 7. The average Bonchev–Trinajstić information content (AvgIpc) is 3.46. The van der Waals surface area contributed by atoms with Crippen molar-refractivity contribution in [3.8, 4) is 0 Å². The molecule has 0 spiro atoms. The van der Waals surface area contributed by atoms with Crippen molar-refractivity contribution in [2.45, 2.75) is 287 Å². The average molecular weight is 1120 g/mol. The molecule has 11 atom stereocenters. The van der Waals surface area contributed by atoms with Crippen molar-refractivity contribution >= 4 is 5.97 Å². The molecule has 0 bridgehead atoms. The Bertz CT molecular complexity index is 1630. The Morgan fingerprint density at radius 1 is 0.430 bits per heavy atom. The van der Waals surface area contributed by atoms with Gasteiger partial charge in [0.25, 0.3) is 0 Å². The summed E-state index contributed by atoms with van der Waals surface area (Å²) in [4.78, 5) is 13.1. The molecule has 14 nitrogen and oxygen atoms in total. The third kappa shape index (κ3) is 37.1. The molecule has 0 radical (unpaired) electrons. The smallest absolute Gasteiger partial charge is 0.306 e. The number of rotatable bonds is 50. The van der Waals surface area contributed by atoms with Crippen molar-refractivity contribution < 1.29 is 69.0 Å². The molecule has 2 aliphatic heterocycles. The molecule has 456 valence electrons. The van der Waals surface area contributed by atoms with Gasteiger partial charge in [-0.2, -0.15) is 0 Å². The zero-order valence-corrected chi connectivity index (χ0v) is 49.1. The molecule has 79 heavy (non-hydrogen) atoms. The monoisotopic (exact) mass is 1120 g/mol. The van der Waals surface area contributed by atoms with Crippen LogP contribution in [-0.4, -0.2) is 142 Å². The first-order valence-corrected chi connectivity index (χ1v) is 31.2. The highest BCUT2D eigenvalue weighted by Gasteiger charge is 2.47. The molecule has 2 saturated heterocycles. The molecule has 11 unspecified atom stereocenters. The van der Waals surface area contributed by atoms with Gasteiger partial charge in [0.1, 0.15) is 54.9 Å². The molecule has 0 aliphatic carbocycles. The minimum absolute atomic E-state index is 0.0457. The van der Waals surface area contributed by atoms with Gasteiger partial charge in [-0.25, -0.2) is 0 Å². The van der Waals surface area contributed by atoms with Gasteiger partial charge in [0.15, 0.2) is 12.6 Å². The van der Waals surface area contributed by atoms with Gasteiger partial charge in [-0.05, 0) is 70.6 Å². The first-order chi connectivity index (χ1) is 38.6. The summed E-state index contributed by atoms with van der Waals surface area (Å²) in [5.41, 5.74) is 0. The van der Waals surface area contributed by atoms with Crippen LogP contribution >= 0.6 is 0 Å². The normalized spacial score (nSPS) is 24.6. The van der Waals surface area contributed by atoms with E-state index in [4.69, 9.17) is 28.4 Å². The number of hydrogen-bond acceptors (Lipinski definition) is 14. The fourth-order valence-corrected chi connectivity index (χ4v) is 9.44. The van der Waals surface area contributed by atoms with Crippen LogP contribution in [0.5, 0.6) is 0 Å². The molecule has 0 aromatic rings. The van der Waals surface area contributed by atoms with Crippen LogP contribution in [0, 0.1) is 0 Å². The summed E-state index contributed by atoms with van der Waals surface area (Å²) in [6.07, 6.45) is 50.7. The lowest BCUT2D eigenvalue weighted by Gasteiger charge is -2.42. The van der Waals surface area contributed by atoms with E-state index in [1.54, 1.807) is 0 Å². The van der Waals surface area contributed by atoms with Crippen LogP contribution in [0.2, 0.25) is 0 Å². The fourth-order valence-electron chi connectivity index (χ4n) is 9.44. The number of ether oxygens (including phenoxy) is 6. The number of carbonyl (C=O) groups excluding carboxylic acids is 1. The zero-order valence-electron chi connectivity index (χ0n) is 49.1. The summed E-state index contributed by atoms with van der Waals surface area (Å²) in [7, 11) is 0. The molecule has 2 rings (SSSR count). The van der Waals surface area contributed by atoms with Crippen LogP contribution in [0.1, 0.15) is 219 Å². The molecular weight excluding hydrogens is 1000 g/mol. The summed E-state index contributed by atoms with van der Waals surface area (Å²) in [5, 5.41) is 72.5. The van der Waals surface area contributed by atoms with Crippen molar-refractivity contribution in [3.63, 3.8) is 0 Å². The summed E-state index contributed by atoms with van der Waals surface area (Å²) in [5.74, 6) is -0.407. The van der Waals surface area contributed by atoms with Crippen molar-refractivity contribution in [1.82, 2.24) is 0 Å². The Morgan fingerprint density at radius 2 is 0.823 bits per heavy atom. The maximum atomic E-state index is 13.1. The zero-order chi connectivity index (χ0) is 57.2. The molecule has 2 heterocycles. The topological polar surface area (TPSA) is 214 Å². The summed E-state index contributed by atoms with van der Waals surface area (Å²) in [6, 6.07) is 0. The van der Waals surface area contributed by atoms with Crippen molar-refractivity contribution in [2.24, 2.45) is 0 Å². The summed E-state index contributed by atoms with van der Waals surface area (Å²) < 4.78 is 34.4. The SMILES string of the molecule is CC/C=C\C/C=C\C/C=C\C/C=C\C/C=C\C/C=C\C/C=C\CCCCCC(=O)OC(COCCCCCCCCCCCCCCCCCCCCCC)COC1OC(COC2OC(CO)C(O)C(O)C2O)C(O)C(O)C1O. The molecule has 0 aromatic heterocycles. The van der Waals surface area contributed by atoms with Crippen molar-refractivity contribution in [1.29, 1.82) is 0 Å². The molecule has 2 fully saturated rings. The lowest BCUT2D eigenvalue weighted by Crippen LogP contribution is -2.61. The first-order valence-electron chi connectivity index (χ1n) is 31.2. The molecule has 14 heteroatoms. The Hall–Kier alpha value is -2.83. The van der Waals surface area contributed by atoms with E-state index in [0.29, 0.717) is 13.0 Å². The van der Waals surface area contributed by atoms with E-state index in [1.165, 1.54) is 109 Å². The van der Waals surface area contributed by atoms with E-state index in [9.17, 15) is 40.5 Å². The predicted molar refractivity (Wildman–Crippen MR) is 316 cm³/mol. The second-order valence-electron chi connectivity index (χ2n) is 21.5. The van der Waals surface area contributed by atoms with Gasteiger partial charge >= 0.3 is 5.97 Å². The van der Waals surface area contributed by atoms with Gasteiger partial charge < -0.3 is 64.2 Å². The van der Waals surface area contributed by atoms with Crippen LogP contribution in [0.4, 0.5) is 0 Å². The largest absolute Gasteiger partial charge is 0.457 e. The standard InChI is InChI=1S/C65H112O14/c1-3-5-7-9-11-13-15-17-19-21-23-25-26-27-28-29-30-32-34-36-38-40-42-44-46-48-57(67)77-54(51-74-49-47-45-43-41-39-37-35-33-31-24-22-20-18-16-14-12-10-8-6-4-2)52-75-64-63(73)61(71)59(69)56(79-64)53-76-65-62(72)60(70)58(68)55(50-66)78-65/h5,7,11,13,17,19,23,25,27-28,30,32,36,38,54-56,58-66,68-73H,3-4,6,8-10,12,14-16,18,20-22,24,26,29,31,33-35,37,39-53H2,1-2H3/b7-5-,13-11-,19-17-,25-23-,28-27-,32-30-,38-36-. The molecule has 2 aliphatic rings. The minimum Gasteiger partial charge on any atom is -0.457 e. The lowest BCUT2D eigenvalue weighted by molar-refractivity contribution is -0.332. The van der Waals surface area contributed by atoms with Crippen molar-refractivity contribution in [2.75, 3.05) is 33.0 Å². The third-order valence-corrected chi connectivity index (χ3v) is 14.4. The van der Waals surface area contributed by atoms with Gasteiger partial charge in [0.05, 0.1) is 26.4 Å². The predicted octanol–water partition coefficient (Wildman–Crippen LogP) is 12.0. The van der Waals surface area contributed by atoms with E-state index in [0.717, 1.165) is 83.5 Å². The van der Waals surface area contributed by atoms with E-state index in [2.05, 4.69) is 98.9 Å². The highest BCUT2D eigenvalue weighted by Crippen LogP contribution is 2.27. The molecule has 0 aromatic carbocycles. The van der Waals surface area contributed by atoms with Gasteiger partial charge in [0.2, 0.25) is 0 Å². The first kappa shape index (κ1) is 72.3. The van der Waals surface area contributed by atoms with E-state index >= 15 is 0 Å². The Balaban J connectivity index is 1.71. The number of allylic oxidation sites excluding steroid dienone is 14. The number of aliphatic hydroxyl groups is 7. The summed E-state index contributed by atoms with van der Waals surface area (Å²) in [6.45, 7) is 3.55. The molecular formula is C65H112O14. The highest BCUT2D eigenvalue weighted by molar-refractivity contribution is 5.69. The lowest BCUT2D eigenvalue weighted by atomic mass is 9.98. The van der Waals surface area contributed by atoms with E-state index < -0.39 is 86.7 Å². The van der Waals surface area contributed by atoms with Crippen LogP contribution in [0.25, 0.3) is 0 Å². The van der Waals surface area contributed by atoms with Crippen LogP contribution in [-0.2, 0) is 33.2 Å². The fraction of sp³-hybridized carbons (Fsp3) is 0.769. The maximum Gasteiger partial charge on any atom is 0.306 e. The summed E-state index contributed by atoms with van der Waals surface area (Å²) >= 11 is 0. The van der Waals surface area contributed by atoms with Crippen LogP contribution in [0.15, 0.2) is 85.1 Å². The van der Waals surface area contributed by atoms with Crippen LogP contribution in [0.3, 0.4) is 0 Å². The molecule has 7 N–H and O–H groups in total. The Labute approximate surface area is 478 Å². The quantitative estimate of drug-likeness (QED) is 0.0172. The van der Waals surface area contributed by atoms with E-state index in [-0.39, 0.29) is 19.6 Å². The van der Waals surface area contributed by atoms with Crippen LogP contribution < -0.4 is 0 Å². The number of carbonyl (C=O) groups is 1. The second-order valence-corrected chi connectivity index (χ2v) is 21.5. The third-order valence-electron chi connectivity index (χ3n) is 14.4. The minimum atomic E-state index is -1.72. The highest BCUT2D eigenvalue weighted by atomic mass is 16.7. The maximum absolute atomic E-state index is 13.1. The molecule has 0 saturated carbocycles. The number of esters is 1. The Kier molecular flexibility index (Phi) is 46.5. The van der Waals surface area contributed by atoms with Gasteiger partial charge in [0, 0.05) is 13.0 Å². The van der Waals surface area contributed by atoms with Gasteiger partial charge in [-0.15, -0.1) is 0 Å². The molecule has 0 amide bonds. The number of unbranched alkanes of at least 4 members (excludes halogenated alkanes) is 22. The van der Waals surface area contributed by atoms with E-state index in [1.807, 2.05) is 0 Å². The second kappa shape index (κ2) is 50.9. The number of hydrogen-bond donors (Lipinski definition) is 7. The van der Waals surface area contributed by atoms with Gasteiger partial charge in [-0.3, -0.25) is 4.79 Å². The van der Waals surface area contributed by atoms with Gasteiger partial charge in [-0.1, -0.05) is 227 Å². The van der Waals surface area contributed by atoms with Crippen molar-refractivity contribution in [3.05, 3.63) is 85.1 Å². The Morgan fingerprint density at radius 3 is 1.28 bits per heavy atom.